The van der Waals surface area contributed by atoms with Gasteiger partial charge in [-0.2, -0.15) is 5.10 Å². The molecule has 3 rings (SSSR count). The third-order valence-corrected chi connectivity index (χ3v) is 4.68. The van der Waals surface area contributed by atoms with Crippen LogP contribution in [0.3, 0.4) is 0 Å². The number of hydrogen-bond donors (Lipinski definition) is 2. The van der Waals surface area contributed by atoms with Crippen molar-refractivity contribution in [3.05, 3.63) is 49.1 Å². The van der Waals surface area contributed by atoms with Gasteiger partial charge < -0.3 is 14.6 Å². The maximum Gasteiger partial charge on any atom is 0.284 e. The van der Waals surface area contributed by atoms with Gasteiger partial charge in [0, 0.05) is 9.13 Å². The van der Waals surface area contributed by atoms with Crippen LogP contribution in [-0.4, -0.2) is 29.9 Å². The van der Waals surface area contributed by atoms with Crippen LogP contribution in [0.15, 0.2) is 41.5 Å². The molecule has 1 aliphatic heterocycles. The van der Waals surface area contributed by atoms with E-state index in [0.29, 0.717) is 20.6 Å². The highest BCUT2D eigenvalue weighted by Gasteiger charge is 2.27. The second-order valence-corrected chi connectivity index (χ2v) is 7.33. The molecule has 0 unspecified atom stereocenters. The first-order valence-corrected chi connectivity index (χ1v) is 9.10. The number of fused-ring (bicyclic) bond motifs is 1. The van der Waals surface area contributed by atoms with Crippen LogP contribution in [0, 0.1) is 7.14 Å². The molecule has 0 radical (unpaired) electrons. The summed E-state index contributed by atoms with van der Waals surface area (Å²) in [5, 5.41) is 13.9. The molecule has 1 amide bonds. The molecule has 1 aliphatic rings. The number of rotatable bonds is 3. The van der Waals surface area contributed by atoms with Crippen LogP contribution in [0.1, 0.15) is 5.56 Å². The first-order chi connectivity index (χ1) is 11.5. The van der Waals surface area contributed by atoms with Crippen molar-refractivity contribution in [2.24, 2.45) is 5.10 Å². The van der Waals surface area contributed by atoms with E-state index in [0.717, 1.165) is 3.57 Å². The van der Waals surface area contributed by atoms with Crippen molar-refractivity contribution in [2.75, 3.05) is 6.61 Å². The van der Waals surface area contributed by atoms with E-state index in [1.807, 2.05) is 40.8 Å². The average molecular weight is 550 g/mol. The number of hydrogen-bond acceptors (Lipinski definition) is 5. The van der Waals surface area contributed by atoms with Crippen molar-refractivity contribution >= 4 is 57.3 Å². The maximum absolute atomic E-state index is 12.1. The van der Waals surface area contributed by atoms with Gasteiger partial charge >= 0.3 is 0 Å². The number of carbonyl (C=O) groups is 1. The monoisotopic (exact) mass is 550 g/mol. The minimum Gasteiger partial charge on any atom is -0.506 e. The summed E-state index contributed by atoms with van der Waals surface area (Å²) in [5.74, 6) is 0.849. The fourth-order valence-corrected chi connectivity index (χ4v) is 3.96. The summed E-state index contributed by atoms with van der Waals surface area (Å²) in [6.07, 6.45) is 0.622. The molecule has 24 heavy (non-hydrogen) atoms. The van der Waals surface area contributed by atoms with E-state index < -0.39 is 12.0 Å². The minimum atomic E-state index is -0.776. The van der Waals surface area contributed by atoms with Crippen molar-refractivity contribution in [2.45, 2.75) is 6.10 Å². The lowest BCUT2D eigenvalue weighted by molar-refractivity contribution is -0.130. The van der Waals surface area contributed by atoms with Gasteiger partial charge in [0.2, 0.25) is 6.10 Å². The Morgan fingerprint density at radius 1 is 1.29 bits per heavy atom. The van der Waals surface area contributed by atoms with Gasteiger partial charge in [-0.25, -0.2) is 5.43 Å². The van der Waals surface area contributed by atoms with E-state index in [1.165, 1.54) is 6.21 Å². The van der Waals surface area contributed by atoms with Gasteiger partial charge in [-0.15, -0.1) is 0 Å². The summed E-state index contributed by atoms with van der Waals surface area (Å²) >= 11 is 4.18. The Bertz CT molecular complexity index is 811. The number of phenolic OH excluding ortho intramolecular Hbond substituents is 1. The third kappa shape index (κ3) is 3.91. The van der Waals surface area contributed by atoms with Gasteiger partial charge in [-0.1, -0.05) is 12.1 Å². The summed E-state index contributed by atoms with van der Waals surface area (Å²) in [7, 11) is 0. The van der Waals surface area contributed by atoms with Gasteiger partial charge in [0.1, 0.15) is 12.4 Å². The number of benzene rings is 2. The highest BCUT2D eigenvalue weighted by molar-refractivity contribution is 14.1. The number of hydrazone groups is 1. The van der Waals surface area contributed by atoms with Crippen molar-refractivity contribution in [3.8, 4) is 17.2 Å². The van der Waals surface area contributed by atoms with Gasteiger partial charge in [0.05, 0.1) is 9.78 Å². The summed E-state index contributed by atoms with van der Waals surface area (Å²) in [5.41, 5.74) is 2.93. The van der Waals surface area contributed by atoms with E-state index >= 15 is 0 Å². The molecular weight excluding hydrogens is 538 g/mol. The highest BCUT2D eigenvalue weighted by atomic mass is 127. The van der Waals surface area contributed by atoms with E-state index in [2.05, 4.69) is 33.1 Å². The summed E-state index contributed by atoms with van der Waals surface area (Å²) in [6, 6.07) is 10.8. The standard InChI is InChI=1S/C16H12I2N2O4/c17-10-5-9(15(21)11(18)6-10)7-19-20-16(22)14-8-23-12-3-1-2-4-13(12)24-14/h1-7,14,21H,8H2,(H,20,22)/b19-7-/t14-/m1/s1. The molecule has 1 heterocycles. The number of halogens is 2. The van der Waals surface area contributed by atoms with Crippen LogP contribution < -0.4 is 14.9 Å². The molecule has 1 atom stereocenters. The number of nitrogens with one attached hydrogen (secondary N) is 1. The molecule has 0 bridgehead atoms. The normalized spacial score (nSPS) is 16.2. The number of aromatic hydroxyl groups is 1. The van der Waals surface area contributed by atoms with Crippen LogP contribution in [0.5, 0.6) is 17.2 Å². The third-order valence-electron chi connectivity index (χ3n) is 3.24. The van der Waals surface area contributed by atoms with Crippen molar-refractivity contribution < 1.29 is 19.4 Å². The molecule has 8 heteroatoms. The van der Waals surface area contributed by atoms with Crippen molar-refractivity contribution in [1.29, 1.82) is 0 Å². The second kappa shape index (κ2) is 7.55. The van der Waals surface area contributed by atoms with Crippen molar-refractivity contribution in [3.63, 3.8) is 0 Å². The quantitative estimate of drug-likeness (QED) is 0.350. The van der Waals surface area contributed by atoms with Crippen LogP contribution in [0.25, 0.3) is 0 Å². The summed E-state index contributed by atoms with van der Waals surface area (Å²) < 4.78 is 12.8. The van der Waals surface area contributed by atoms with Crippen LogP contribution in [0.2, 0.25) is 0 Å². The van der Waals surface area contributed by atoms with E-state index in [1.54, 1.807) is 18.2 Å². The fourth-order valence-electron chi connectivity index (χ4n) is 2.07. The Morgan fingerprint density at radius 3 is 2.83 bits per heavy atom. The fraction of sp³-hybridized carbons (Fsp3) is 0.125. The van der Waals surface area contributed by atoms with Gasteiger partial charge in [0.25, 0.3) is 5.91 Å². The number of amides is 1. The molecule has 6 nitrogen and oxygen atoms in total. The zero-order valence-electron chi connectivity index (χ0n) is 12.2. The number of carbonyl (C=O) groups excluding carboxylic acids is 1. The topological polar surface area (TPSA) is 80.2 Å². The zero-order chi connectivity index (χ0) is 17.1. The van der Waals surface area contributed by atoms with Crippen molar-refractivity contribution in [1.82, 2.24) is 5.43 Å². The first-order valence-electron chi connectivity index (χ1n) is 6.94. The predicted octanol–water partition coefficient (Wildman–Crippen LogP) is 2.89. The van der Waals surface area contributed by atoms with Gasteiger partial charge in [0.15, 0.2) is 11.5 Å². The van der Waals surface area contributed by atoms with Crippen LogP contribution in [-0.2, 0) is 4.79 Å². The molecule has 0 spiro atoms. The Hall–Kier alpha value is -1.56. The zero-order valence-corrected chi connectivity index (χ0v) is 16.5. The number of ether oxygens (including phenoxy) is 2. The lowest BCUT2D eigenvalue weighted by atomic mass is 10.2. The number of para-hydroxylation sites is 2. The molecule has 2 N–H and O–H groups in total. The Morgan fingerprint density at radius 2 is 2.04 bits per heavy atom. The molecule has 124 valence electrons. The molecule has 0 aromatic heterocycles. The lowest BCUT2D eigenvalue weighted by Crippen LogP contribution is -2.42. The smallest absolute Gasteiger partial charge is 0.284 e. The molecule has 0 aliphatic carbocycles. The van der Waals surface area contributed by atoms with Crippen LogP contribution in [0.4, 0.5) is 0 Å². The number of phenols is 1. The number of nitrogens with zero attached hydrogens (tertiary/aromatic N) is 1. The average Bonchev–Trinajstić information content (AvgIpc) is 2.58. The van der Waals surface area contributed by atoms with Gasteiger partial charge in [-0.05, 0) is 69.4 Å². The van der Waals surface area contributed by atoms with E-state index in [-0.39, 0.29) is 12.4 Å². The molecule has 2 aromatic rings. The van der Waals surface area contributed by atoms with E-state index in [9.17, 15) is 9.90 Å². The largest absolute Gasteiger partial charge is 0.506 e. The SMILES string of the molecule is O=C(N/N=C\c1cc(I)cc(I)c1O)[C@H]1COc2ccccc2O1. The molecular formula is C16H12I2N2O4. The maximum atomic E-state index is 12.1. The Balaban J connectivity index is 1.64. The Labute approximate surface area is 165 Å². The molecule has 0 saturated carbocycles. The summed E-state index contributed by atoms with van der Waals surface area (Å²) in [6.45, 7) is 0.116. The Kier molecular flexibility index (Phi) is 5.43. The van der Waals surface area contributed by atoms with E-state index in [4.69, 9.17) is 9.47 Å². The first kappa shape index (κ1) is 17.3. The second-order valence-electron chi connectivity index (χ2n) is 4.92. The lowest BCUT2D eigenvalue weighted by Gasteiger charge is -2.24. The minimum absolute atomic E-state index is 0.116. The molecule has 0 fully saturated rings. The highest BCUT2D eigenvalue weighted by Crippen LogP contribution is 2.30. The predicted molar refractivity (Wildman–Crippen MR) is 106 cm³/mol. The molecule has 2 aromatic carbocycles. The summed E-state index contributed by atoms with van der Waals surface area (Å²) in [4.78, 5) is 12.1. The molecule has 0 saturated heterocycles. The van der Waals surface area contributed by atoms with Crippen LogP contribution >= 0.6 is 45.2 Å². The van der Waals surface area contributed by atoms with Gasteiger partial charge in [-0.3, -0.25) is 4.79 Å².